The third-order valence-electron chi connectivity index (χ3n) is 7.59. The molecular formula is C17H20O6. The van der Waals surface area contributed by atoms with Gasteiger partial charge in [0.2, 0.25) is 0 Å². The molecule has 6 saturated carbocycles. The summed E-state index contributed by atoms with van der Waals surface area (Å²) in [6.45, 7) is 5.44. The van der Waals surface area contributed by atoms with E-state index in [1.54, 1.807) is 0 Å². The van der Waals surface area contributed by atoms with Gasteiger partial charge in [0, 0.05) is 0 Å². The first-order valence-corrected chi connectivity index (χ1v) is 8.10. The van der Waals surface area contributed by atoms with Gasteiger partial charge in [-0.2, -0.15) is 0 Å². The molecule has 6 rings (SSSR count). The van der Waals surface area contributed by atoms with E-state index in [1.165, 1.54) is 14.2 Å². The summed E-state index contributed by atoms with van der Waals surface area (Å²) >= 11 is 0. The second-order valence-electron chi connectivity index (χ2n) is 8.69. The summed E-state index contributed by atoms with van der Waals surface area (Å²) in [6.07, 6.45) is 0. The van der Waals surface area contributed by atoms with Crippen molar-refractivity contribution in [1.82, 2.24) is 0 Å². The van der Waals surface area contributed by atoms with Crippen LogP contribution in [0.2, 0.25) is 0 Å². The highest BCUT2D eigenvalue weighted by molar-refractivity contribution is 6.07. The van der Waals surface area contributed by atoms with E-state index in [0.29, 0.717) is 0 Å². The minimum absolute atomic E-state index is 0.0940. The van der Waals surface area contributed by atoms with Gasteiger partial charge in [0.05, 0.1) is 30.5 Å². The Balaban J connectivity index is 1.56. The zero-order valence-corrected chi connectivity index (χ0v) is 13.8. The van der Waals surface area contributed by atoms with Gasteiger partial charge in [-0.25, -0.2) is 0 Å². The molecule has 124 valence electrons. The first-order valence-electron chi connectivity index (χ1n) is 8.10. The van der Waals surface area contributed by atoms with E-state index in [4.69, 9.17) is 14.2 Å². The molecule has 4 atom stereocenters. The van der Waals surface area contributed by atoms with Gasteiger partial charge in [-0.3, -0.25) is 14.4 Å². The lowest BCUT2D eigenvalue weighted by Crippen LogP contribution is -3.17. The summed E-state index contributed by atoms with van der Waals surface area (Å²) in [7, 11) is 2.75. The predicted molar refractivity (Wildman–Crippen MR) is 74.6 cm³/mol. The van der Waals surface area contributed by atoms with E-state index in [9.17, 15) is 14.4 Å². The SMILES string of the molecule is COC(=O)C12C3C4C1C1(C(=O)OC(C)(C)C)C2C3C41C(=O)OC. The van der Waals surface area contributed by atoms with E-state index in [1.807, 2.05) is 20.8 Å². The van der Waals surface area contributed by atoms with E-state index >= 15 is 0 Å². The molecule has 0 radical (unpaired) electrons. The molecule has 0 saturated heterocycles. The van der Waals surface area contributed by atoms with Crippen molar-refractivity contribution in [2.45, 2.75) is 26.4 Å². The monoisotopic (exact) mass is 320 g/mol. The van der Waals surface area contributed by atoms with Crippen molar-refractivity contribution in [2.24, 2.45) is 45.8 Å². The lowest BCUT2D eigenvalue weighted by molar-refractivity contribution is -0.658. The summed E-state index contributed by atoms with van der Waals surface area (Å²) < 4.78 is 15.6. The van der Waals surface area contributed by atoms with Gasteiger partial charge in [0.15, 0.2) is 0 Å². The smallest absolute Gasteiger partial charge is 0.314 e. The Kier molecular flexibility index (Phi) is 1.89. The maximum absolute atomic E-state index is 12.9. The van der Waals surface area contributed by atoms with Crippen LogP contribution in [0.15, 0.2) is 0 Å². The molecule has 4 unspecified atom stereocenters. The summed E-state index contributed by atoms with van der Waals surface area (Å²) in [4.78, 5) is 37.7. The molecule has 0 bridgehead atoms. The summed E-state index contributed by atoms with van der Waals surface area (Å²) in [6, 6.07) is 0. The third kappa shape index (κ3) is 0.810. The van der Waals surface area contributed by atoms with Crippen LogP contribution in [-0.4, -0.2) is 37.7 Å². The molecule has 6 aliphatic carbocycles. The van der Waals surface area contributed by atoms with E-state index in [2.05, 4.69) is 0 Å². The van der Waals surface area contributed by atoms with Crippen LogP contribution in [0, 0.1) is 45.8 Å². The van der Waals surface area contributed by atoms with Crippen molar-refractivity contribution in [3.05, 3.63) is 0 Å². The molecule has 6 aliphatic rings. The highest BCUT2D eigenvalue weighted by atomic mass is 16.6. The first kappa shape index (κ1) is 13.8. The Bertz CT molecular complexity index is 680. The molecule has 0 amide bonds. The number of esters is 3. The molecule has 0 aromatic heterocycles. The van der Waals surface area contributed by atoms with Crippen LogP contribution in [0.25, 0.3) is 0 Å². The number of carbonyl (C=O) groups is 3. The third-order valence-corrected chi connectivity index (χ3v) is 7.59. The van der Waals surface area contributed by atoms with E-state index in [0.717, 1.165) is 0 Å². The summed E-state index contributed by atoms with van der Waals surface area (Å²) in [5.74, 6) is -0.674. The summed E-state index contributed by atoms with van der Waals surface area (Å²) in [5, 5.41) is 0. The second-order valence-corrected chi connectivity index (χ2v) is 8.69. The maximum Gasteiger partial charge on any atom is 0.314 e. The molecule has 0 aliphatic heterocycles. The van der Waals surface area contributed by atoms with Gasteiger partial charge in [0.25, 0.3) is 0 Å². The molecule has 6 heteroatoms. The van der Waals surface area contributed by atoms with Crippen molar-refractivity contribution in [2.75, 3.05) is 14.2 Å². The van der Waals surface area contributed by atoms with Crippen molar-refractivity contribution in [3.63, 3.8) is 0 Å². The highest BCUT2D eigenvalue weighted by Crippen LogP contribution is 3.14. The molecule has 6 fully saturated rings. The van der Waals surface area contributed by atoms with Crippen LogP contribution >= 0.6 is 0 Å². The maximum atomic E-state index is 12.9. The van der Waals surface area contributed by atoms with Crippen LogP contribution in [0.3, 0.4) is 0 Å². The molecule has 0 aromatic carbocycles. The van der Waals surface area contributed by atoms with Gasteiger partial charge in [-0.05, 0) is 50.4 Å². The molecule has 6 nitrogen and oxygen atoms in total. The molecular weight excluding hydrogens is 300 g/mol. The van der Waals surface area contributed by atoms with Gasteiger partial charge in [-0.15, -0.1) is 0 Å². The van der Waals surface area contributed by atoms with Crippen molar-refractivity contribution >= 4 is 17.9 Å². The van der Waals surface area contributed by atoms with Crippen LogP contribution < -0.4 is 0 Å². The average Bonchev–Trinajstić information content (AvgIpc) is 2.50. The fourth-order valence-electron chi connectivity index (χ4n) is 7.65. The quantitative estimate of drug-likeness (QED) is 0.565. The van der Waals surface area contributed by atoms with Gasteiger partial charge >= 0.3 is 17.9 Å². The largest absolute Gasteiger partial charge is 0.469 e. The highest BCUT2D eigenvalue weighted by Gasteiger charge is 3.21. The molecule has 0 N–H and O–H groups in total. The van der Waals surface area contributed by atoms with Crippen molar-refractivity contribution in [3.8, 4) is 0 Å². The zero-order chi connectivity index (χ0) is 16.7. The number of carbonyl (C=O) groups excluding carboxylic acids is 3. The number of methoxy groups -OCH3 is 2. The Hall–Kier alpha value is -1.59. The molecule has 23 heavy (non-hydrogen) atoms. The zero-order valence-electron chi connectivity index (χ0n) is 13.8. The lowest BCUT2D eigenvalue weighted by Gasteiger charge is -3.11. The Morgan fingerprint density at radius 2 is 1.30 bits per heavy atom. The molecule has 0 heterocycles. The average molecular weight is 320 g/mol. The molecule has 0 spiro atoms. The Morgan fingerprint density at radius 1 is 0.783 bits per heavy atom. The predicted octanol–water partition coefficient (Wildman–Crippen LogP) is 0.782. The normalized spacial score (nSPS) is 54.9. The van der Waals surface area contributed by atoms with Crippen LogP contribution in [0.4, 0.5) is 0 Å². The first-order chi connectivity index (χ1) is 10.7. The number of hydrogen-bond donors (Lipinski definition) is 0. The minimum Gasteiger partial charge on any atom is -0.469 e. The molecule has 0 aromatic rings. The van der Waals surface area contributed by atoms with E-state index in [-0.39, 0.29) is 47.5 Å². The number of rotatable bonds is 3. The van der Waals surface area contributed by atoms with E-state index < -0.39 is 21.8 Å². The second kappa shape index (κ2) is 3.15. The fraction of sp³-hybridized carbons (Fsp3) is 0.824. The number of ether oxygens (including phenoxy) is 3. The lowest BCUT2D eigenvalue weighted by atomic mass is 8.88. The standard InChI is InChI=1S/C17H20O6/c1-14(2,3)23-13(20)17-9-7-6-8(16(7,17)12(19)22-5)10(17)15(6,9)11(18)21-4/h6-10H,1-5H3. The minimum atomic E-state index is -0.842. The van der Waals surface area contributed by atoms with Gasteiger partial charge in [0.1, 0.15) is 5.60 Å². The number of hydrogen-bond acceptors (Lipinski definition) is 6. The van der Waals surface area contributed by atoms with Crippen molar-refractivity contribution < 1.29 is 28.6 Å². The fourth-order valence-corrected chi connectivity index (χ4v) is 7.65. The van der Waals surface area contributed by atoms with Gasteiger partial charge in [-0.1, -0.05) is 0 Å². The Morgan fingerprint density at radius 3 is 1.74 bits per heavy atom. The van der Waals surface area contributed by atoms with Gasteiger partial charge < -0.3 is 14.2 Å². The topological polar surface area (TPSA) is 78.9 Å². The van der Waals surface area contributed by atoms with Crippen molar-refractivity contribution in [1.29, 1.82) is 0 Å². The van der Waals surface area contributed by atoms with Crippen LogP contribution in [-0.2, 0) is 28.6 Å². The van der Waals surface area contributed by atoms with Crippen LogP contribution in [0.1, 0.15) is 20.8 Å². The Labute approximate surface area is 133 Å². The summed E-state index contributed by atoms with van der Waals surface area (Å²) in [5.41, 5.74) is -2.70. The van der Waals surface area contributed by atoms with Crippen LogP contribution in [0.5, 0.6) is 0 Å².